The van der Waals surface area contributed by atoms with Crippen LogP contribution in [0.3, 0.4) is 0 Å². The number of hydrogen-bond donors (Lipinski definition) is 1. The van der Waals surface area contributed by atoms with Crippen LogP contribution in [0.15, 0.2) is 17.4 Å². The molecule has 14 heavy (non-hydrogen) atoms. The Labute approximate surface area is 85.4 Å². The molecular formula is C10H19N3O. The molecule has 1 rings (SSSR count). The SMILES string of the molecule is C=NN(C)C(=C)C(N)COC1CCC1. The van der Waals surface area contributed by atoms with E-state index in [9.17, 15) is 0 Å². The third kappa shape index (κ3) is 2.82. The first-order valence-electron chi connectivity index (χ1n) is 4.91. The van der Waals surface area contributed by atoms with Gasteiger partial charge in [-0.3, -0.25) is 5.01 Å². The first kappa shape index (κ1) is 11.2. The van der Waals surface area contributed by atoms with E-state index in [-0.39, 0.29) is 6.04 Å². The summed E-state index contributed by atoms with van der Waals surface area (Å²) in [5.74, 6) is 0. The van der Waals surface area contributed by atoms with Gasteiger partial charge in [0, 0.05) is 19.5 Å². The van der Waals surface area contributed by atoms with Crippen molar-refractivity contribution < 1.29 is 4.74 Å². The highest BCUT2D eigenvalue weighted by Gasteiger charge is 2.20. The van der Waals surface area contributed by atoms with Gasteiger partial charge in [-0.05, 0) is 19.3 Å². The minimum atomic E-state index is -0.189. The molecule has 1 aliphatic carbocycles. The maximum absolute atomic E-state index is 5.87. The highest BCUT2D eigenvalue weighted by Crippen LogP contribution is 2.22. The van der Waals surface area contributed by atoms with E-state index in [4.69, 9.17) is 10.5 Å². The molecule has 0 aromatic carbocycles. The summed E-state index contributed by atoms with van der Waals surface area (Å²) in [6.45, 7) is 7.76. The largest absolute Gasteiger partial charge is 0.376 e. The zero-order chi connectivity index (χ0) is 10.6. The van der Waals surface area contributed by atoms with Crippen molar-refractivity contribution in [1.82, 2.24) is 5.01 Å². The molecular weight excluding hydrogens is 178 g/mol. The van der Waals surface area contributed by atoms with Crippen molar-refractivity contribution in [3.8, 4) is 0 Å². The van der Waals surface area contributed by atoms with Crippen molar-refractivity contribution in [2.24, 2.45) is 10.8 Å². The van der Waals surface area contributed by atoms with E-state index in [2.05, 4.69) is 18.4 Å². The molecule has 1 atom stereocenters. The van der Waals surface area contributed by atoms with Crippen molar-refractivity contribution in [3.05, 3.63) is 12.3 Å². The average molecular weight is 197 g/mol. The molecule has 0 amide bonds. The van der Waals surface area contributed by atoms with Gasteiger partial charge in [-0.25, -0.2) is 0 Å². The van der Waals surface area contributed by atoms with Crippen LogP contribution in [-0.4, -0.2) is 37.5 Å². The van der Waals surface area contributed by atoms with Gasteiger partial charge in [-0.2, -0.15) is 5.10 Å². The van der Waals surface area contributed by atoms with Crippen molar-refractivity contribution in [1.29, 1.82) is 0 Å². The Morgan fingerprint density at radius 3 is 2.79 bits per heavy atom. The van der Waals surface area contributed by atoms with E-state index in [1.807, 2.05) is 0 Å². The van der Waals surface area contributed by atoms with Gasteiger partial charge < -0.3 is 10.5 Å². The number of hydrazone groups is 1. The summed E-state index contributed by atoms with van der Waals surface area (Å²) in [6.07, 6.45) is 4.01. The molecule has 0 heterocycles. The normalized spacial score (nSPS) is 18.4. The van der Waals surface area contributed by atoms with Gasteiger partial charge in [0.25, 0.3) is 0 Å². The number of nitrogens with two attached hydrogens (primary N) is 1. The number of ether oxygens (including phenoxy) is 1. The van der Waals surface area contributed by atoms with Crippen LogP contribution in [-0.2, 0) is 4.74 Å². The fourth-order valence-corrected chi connectivity index (χ4v) is 1.20. The van der Waals surface area contributed by atoms with E-state index in [0.29, 0.717) is 12.7 Å². The monoisotopic (exact) mass is 197 g/mol. The molecule has 0 aromatic heterocycles. The second kappa shape index (κ2) is 5.12. The summed E-state index contributed by atoms with van der Waals surface area (Å²) in [6, 6.07) is -0.189. The van der Waals surface area contributed by atoms with Crippen molar-refractivity contribution in [3.63, 3.8) is 0 Å². The molecule has 4 nitrogen and oxygen atoms in total. The third-order valence-corrected chi connectivity index (χ3v) is 2.62. The van der Waals surface area contributed by atoms with Crippen molar-refractivity contribution in [2.45, 2.75) is 31.4 Å². The van der Waals surface area contributed by atoms with E-state index >= 15 is 0 Å². The lowest BCUT2D eigenvalue weighted by Gasteiger charge is -2.28. The van der Waals surface area contributed by atoms with E-state index in [1.165, 1.54) is 6.42 Å². The average Bonchev–Trinajstić information content (AvgIpc) is 2.12. The Kier molecular flexibility index (Phi) is 4.10. The summed E-state index contributed by atoms with van der Waals surface area (Å²) in [4.78, 5) is 0. The summed E-state index contributed by atoms with van der Waals surface area (Å²) >= 11 is 0. The molecule has 1 aliphatic rings. The Hall–Kier alpha value is -0.870. The predicted molar refractivity (Wildman–Crippen MR) is 58.0 cm³/mol. The highest BCUT2D eigenvalue weighted by molar-refractivity contribution is 5.23. The number of rotatable bonds is 6. The third-order valence-electron chi connectivity index (χ3n) is 2.62. The lowest BCUT2D eigenvalue weighted by molar-refractivity contribution is -0.00271. The molecule has 1 saturated carbocycles. The fourth-order valence-electron chi connectivity index (χ4n) is 1.20. The van der Waals surface area contributed by atoms with Crippen LogP contribution in [0.2, 0.25) is 0 Å². The number of hydrogen-bond acceptors (Lipinski definition) is 4. The molecule has 80 valence electrons. The molecule has 0 bridgehead atoms. The Balaban J connectivity index is 2.22. The summed E-state index contributed by atoms with van der Waals surface area (Å²) < 4.78 is 5.58. The van der Waals surface area contributed by atoms with Gasteiger partial charge >= 0.3 is 0 Å². The zero-order valence-electron chi connectivity index (χ0n) is 8.78. The molecule has 0 aromatic rings. The molecule has 1 unspecified atom stereocenters. The van der Waals surface area contributed by atoms with Gasteiger partial charge in [0.15, 0.2) is 0 Å². The maximum Gasteiger partial charge on any atom is 0.0697 e. The predicted octanol–water partition coefficient (Wildman–Crippen LogP) is 0.944. The molecule has 2 N–H and O–H groups in total. The van der Waals surface area contributed by atoms with Crippen molar-refractivity contribution in [2.75, 3.05) is 13.7 Å². The molecule has 0 radical (unpaired) electrons. The topological polar surface area (TPSA) is 50.8 Å². The van der Waals surface area contributed by atoms with Crippen LogP contribution in [0.25, 0.3) is 0 Å². The Bertz CT molecular complexity index is 213. The molecule has 0 aliphatic heterocycles. The standard InChI is InChI=1S/C10H19N3O/c1-8(13(3)12-2)10(11)7-14-9-5-4-6-9/h9-10H,1-2,4-7,11H2,3H3. The molecule has 1 fully saturated rings. The van der Waals surface area contributed by atoms with Crippen LogP contribution >= 0.6 is 0 Å². The first-order valence-corrected chi connectivity index (χ1v) is 4.91. The van der Waals surface area contributed by atoms with Crippen LogP contribution in [0.1, 0.15) is 19.3 Å². The van der Waals surface area contributed by atoms with E-state index < -0.39 is 0 Å². The first-order chi connectivity index (χ1) is 6.65. The number of likely N-dealkylation sites (N-methyl/N-ethyl adjacent to an activating group) is 1. The summed E-state index contributed by atoms with van der Waals surface area (Å²) in [5, 5.41) is 5.30. The molecule has 4 heteroatoms. The second-order valence-electron chi connectivity index (χ2n) is 3.65. The van der Waals surface area contributed by atoms with Crippen LogP contribution in [0.5, 0.6) is 0 Å². The maximum atomic E-state index is 5.87. The Morgan fingerprint density at radius 1 is 1.71 bits per heavy atom. The van der Waals surface area contributed by atoms with Crippen LogP contribution in [0.4, 0.5) is 0 Å². The minimum Gasteiger partial charge on any atom is -0.376 e. The minimum absolute atomic E-state index is 0.189. The van der Waals surface area contributed by atoms with Crippen LogP contribution < -0.4 is 5.73 Å². The number of nitrogens with zero attached hydrogens (tertiary/aromatic N) is 2. The lowest BCUT2D eigenvalue weighted by atomic mass is 9.96. The summed E-state index contributed by atoms with van der Waals surface area (Å²) in [7, 11) is 1.78. The second-order valence-corrected chi connectivity index (χ2v) is 3.65. The van der Waals surface area contributed by atoms with Gasteiger partial charge in [0.1, 0.15) is 0 Å². The van der Waals surface area contributed by atoms with Gasteiger partial charge in [0.05, 0.1) is 18.8 Å². The molecule has 0 saturated heterocycles. The lowest BCUT2D eigenvalue weighted by Crippen LogP contribution is -2.36. The van der Waals surface area contributed by atoms with Gasteiger partial charge in [-0.15, -0.1) is 0 Å². The Morgan fingerprint density at radius 2 is 2.36 bits per heavy atom. The van der Waals surface area contributed by atoms with E-state index in [1.54, 1.807) is 12.1 Å². The molecule has 0 spiro atoms. The van der Waals surface area contributed by atoms with E-state index in [0.717, 1.165) is 18.5 Å². The van der Waals surface area contributed by atoms with Crippen LogP contribution in [0, 0.1) is 0 Å². The van der Waals surface area contributed by atoms with Crippen molar-refractivity contribution >= 4 is 6.72 Å². The fraction of sp³-hybridized carbons (Fsp3) is 0.700. The quantitative estimate of drug-likeness (QED) is 0.509. The van der Waals surface area contributed by atoms with Gasteiger partial charge in [-0.1, -0.05) is 6.58 Å². The zero-order valence-corrected chi connectivity index (χ0v) is 8.78. The summed E-state index contributed by atoms with van der Waals surface area (Å²) in [5.41, 5.74) is 6.60. The van der Waals surface area contributed by atoms with Gasteiger partial charge in [0.2, 0.25) is 0 Å². The smallest absolute Gasteiger partial charge is 0.0697 e. The highest BCUT2D eigenvalue weighted by atomic mass is 16.5.